The number of nitriles is 1. The molecule has 1 aromatic heterocycles. The van der Waals surface area contributed by atoms with Crippen LogP contribution in [0.1, 0.15) is 48.0 Å². The van der Waals surface area contributed by atoms with Crippen LogP contribution in [0, 0.1) is 25.2 Å². The number of nitrogens with zero attached hydrogens (tertiary/aromatic N) is 4. The van der Waals surface area contributed by atoms with Gasteiger partial charge in [-0.1, -0.05) is 23.7 Å². The Morgan fingerprint density at radius 1 is 1.17 bits per heavy atom. The molecule has 1 atom stereocenters. The van der Waals surface area contributed by atoms with Gasteiger partial charge in [-0.05, 0) is 69.7 Å². The van der Waals surface area contributed by atoms with Gasteiger partial charge >= 0.3 is 0 Å². The molecular formula is C24H25ClN4O. The topological polar surface area (TPSA) is 61.9 Å². The maximum atomic E-state index is 13.2. The minimum absolute atomic E-state index is 0.0521. The first kappa shape index (κ1) is 21.6. The van der Waals surface area contributed by atoms with Crippen molar-refractivity contribution in [2.75, 3.05) is 6.54 Å². The fourth-order valence-electron chi connectivity index (χ4n) is 3.70. The summed E-state index contributed by atoms with van der Waals surface area (Å²) in [5, 5.41) is 14.3. The first-order chi connectivity index (χ1) is 14.3. The summed E-state index contributed by atoms with van der Waals surface area (Å²) in [7, 11) is 0. The predicted molar refractivity (Wildman–Crippen MR) is 119 cm³/mol. The Labute approximate surface area is 182 Å². The molecule has 0 saturated carbocycles. The van der Waals surface area contributed by atoms with E-state index in [-0.39, 0.29) is 11.9 Å². The highest BCUT2D eigenvalue weighted by Crippen LogP contribution is 2.24. The highest BCUT2D eigenvalue weighted by molar-refractivity contribution is 6.30. The second-order valence-electron chi connectivity index (χ2n) is 7.30. The van der Waals surface area contributed by atoms with Crippen molar-refractivity contribution in [1.82, 2.24) is 14.7 Å². The number of carbonyl (C=O) groups is 1. The van der Waals surface area contributed by atoms with Crippen LogP contribution in [-0.4, -0.2) is 27.1 Å². The Kier molecular flexibility index (Phi) is 6.59. The van der Waals surface area contributed by atoms with Crippen molar-refractivity contribution >= 4 is 17.5 Å². The van der Waals surface area contributed by atoms with Crippen molar-refractivity contribution < 1.29 is 4.79 Å². The summed E-state index contributed by atoms with van der Waals surface area (Å²) in [4.78, 5) is 15.1. The molecule has 1 heterocycles. The molecule has 2 aromatic carbocycles. The zero-order valence-electron chi connectivity index (χ0n) is 17.7. The highest BCUT2D eigenvalue weighted by Gasteiger charge is 2.23. The van der Waals surface area contributed by atoms with Crippen molar-refractivity contribution in [3.63, 3.8) is 0 Å². The summed E-state index contributed by atoms with van der Waals surface area (Å²) in [5.74, 6) is 0.0521. The summed E-state index contributed by atoms with van der Waals surface area (Å²) >= 11 is 6.00. The van der Waals surface area contributed by atoms with Crippen molar-refractivity contribution in [3.8, 4) is 11.8 Å². The van der Waals surface area contributed by atoms with E-state index in [1.165, 1.54) is 0 Å². The van der Waals surface area contributed by atoms with E-state index in [0.717, 1.165) is 28.2 Å². The number of aromatic nitrogens is 2. The third-order valence-electron chi connectivity index (χ3n) is 5.49. The molecule has 0 aliphatic heterocycles. The molecule has 0 saturated heterocycles. The quantitative estimate of drug-likeness (QED) is 0.552. The molecule has 1 amide bonds. The third-order valence-corrected chi connectivity index (χ3v) is 5.74. The van der Waals surface area contributed by atoms with Crippen LogP contribution in [0.25, 0.3) is 5.69 Å². The minimum Gasteiger partial charge on any atom is -0.336 e. The largest absolute Gasteiger partial charge is 0.336 e. The second-order valence-corrected chi connectivity index (χ2v) is 7.74. The monoisotopic (exact) mass is 420 g/mol. The van der Waals surface area contributed by atoms with Crippen molar-refractivity contribution in [2.45, 2.75) is 40.2 Å². The number of aryl methyl sites for hydroxylation is 1. The Balaban J connectivity index is 1.83. The standard InChI is InChI=1S/C24H25ClN4O/c1-5-28(17(3)20-8-6-19(15-26)7-9-20)24(30)14-23-16(2)27-29(18(23)4)22-12-10-21(25)11-13-22/h6-13,17H,5,14H2,1-4H3. The smallest absolute Gasteiger partial charge is 0.227 e. The minimum atomic E-state index is -0.0813. The van der Waals surface area contributed by atoms with Crippen LogP contribution >= 0.6 is 11.6 Å². The molecule has 0 bridgehead atoms. The Bertz CT molecular complexity index is 1080. The van der Waals surface area contributed by atoms with Gasteiger partial charge < -0.3 is 4.90 Å². The molecule has 3 rings (SSSR count). The summed E-state index contributed by atoms with van der Waals surface area (Å²) < 4.78 is 1.86. The van der Waals surface area contributed by atoms with Crippen molar-refractivity contribution in [2.24, 2.45) is 0 Å². The Morgan fingerprint density at radius 2 is 1.80 bits per heavy atom. The molecule has 1 unspecified atom stereocenters. The van der Waals surface area contributed by atoms with E-state index in [1.807, 2.05) is 73.7 Å². The van der Waals surface area contributed by atoms with Crippen molar-refractivity contribution in [3.05, 3.63) is 81.6 Å². The van der Waals surface area contributed by atoms with Gasteiger partial charge in [0, 0.05) is 22.8 Å². The lowest BCUT2D eigenvalue weighted by molar-refractivity contribution is -0.132. The summed E-state index contributed by atoms with van der Waals surface area (Å²) in [6.45, 7) is 8.51. The normalized spacial score (nSPS) is 11.7. The average Bonchev–Trinajstić information content (AvgIpc) is 3.03. The van der Waals surface area contributed by atoms with E-state index in [2.05, 4.69) is 11.2 Å². The molecule has 5 nitrogen and oxygen atoms in total. The van der Waals surface area contributed by atoms with Crippen LogP contribution in [-0.2, 0) is 11.2 Å². The van der Waals surface area contributed by atoms with E-state index < -0.39 is 0 Å². The van der Waals surface area contributed by atoms with E-state index in [0.29, 0.717) is 23.6 Å². The van der Waals surface area contributed by atoms with E-state index in [9.17, 15) is 4.79 Å². The van der Waals surface area contributed by atoms with Crippen LogP contribution < -0.4 is 0 Å². The van der Waals surface area contributed by atoms with Gasteiger partial charge in [-0.15, -0.1) is 0 Å². The SMILES string of the molecule is CCN(C(=O)Cc1c(C)nn(-c2ccc(Cl)cc2)c1C)C(C)c1ccc(C#N)cc1. The highest BCUT2D eigenvalue weighted by atomic mass is 35.5. The fraction of sp³-hybridized carbons (Fsp3) is 0.292. The first-order valence-electron chi connectivity index (χ1n) is 9.96. The lowest BCUT2D eigenvalue weighted by Gasteiger charge is -2.28. The lowest BCUT2D eigenvalue weighted by Crippen LogP contribution is -2.34. The molecule has 3 aromatic rings. The van der Waals surface area contributed by atoms with Gasteiger partial charge in [-0.3, -0.25) is 4.79 Å². The lowest BCUT2D eigenvalue weighted by atomic mass is 10.0. The average molecular weight is 421 g/mol. The van der Waals surface area contributed by atoms with Gasteiger partial charge in [0.05, 0.1) is 35.5 Å². The van der Waals surface area contributed by atoms with Crippen LogP contribution in [0.5, 0.6) is 0 Å². The Morgan fingerprint density at radius 3 is 2.37 bits per heavy atom. The van der Waals surface area contributed by atoms with Gasteiger partial charge in [0.1, 0.15) is 0 Å². The fourth-order valence-corrected chi connectivity index (χ4v) is 3.83. The maximum Gasteiger partial charge on any atom is 0.227 e. The second kappa shape index (κ2) is 9.15. The number of rotatable bonds is 6. The zero-order valence-corrected chi connectivity index (χ0v) is 18.4. The number of hydrogen-bond donors (Lipinski definition) is 0. The molecule has 0 aliphatic carbocycles. The van der Waals surface area contributed by atoms with E-state index in [1.54, 1.807) is 12.1 Å². The zero-order chi connectivity index (χ0) is 21.8. The van der Waals surface area contributed by atoms with Crippen LogP contribution in [0.3, 0.4) is 0 Å². The Hall–Kier alpha value is -3.10. The van der Waals surface area contributed by atoms with Gasteiger partial charge in [0.15, 0.2) is 0 Å². The summed E-state index contributed by atoms with van der Waals surface area (Å²) in [6, 6.07) is 16.9. The third kappa shape index (κ3) is 4.39. The molecule has 30 heavy (non-hydrogen) atoms. The molecule has 6 heteroatoms. The summed E-state index contributed by atoms with van der Waals surface area (Å²) in [6.07, 6.45) is 0.291. The van der Waals surface area contributed by atoms with Crippen LogP contribution in [0.15, 0.2) is 48.5 Å². The maximum absolute atomic E-state index is 13.2. The number of amides is 1. The van der Waals surface area contributed by atoms with Crippen LogP contribution in [0.2, 0.25) is 5.02 Å². The molecule has 0 fully saturated rings. The summed E-state index contributed by atoms with van der Waals surface area (Å²) in [5.41, 5.74) is 5.27. The molecule has 0 N–H and O–H groups in total. The molecule has 154 valence electrons. The number of halogens is 1. The number of likely N-dealkylation sites (N-methyl/N-ethyl adjacent to an activating group) is 1. The van der Waals surface area contributed by atoms with Gasteiger partial charge in [-0.25, -0.2) is 4.68 Å². The molecule has 0 spiro atoms. The van der Waals surface area contributed by atoms with Gasteiger partial charge in [0.2, 0.25) is 5.91 Å². The van der Waals surface area contributed by atoms with E-state index in [4.69, 9.17) is 16.9 Å². The predicted octanol–water partition coefficient (Wildman–Crippen LogP) is 5.17. The molecule has 0 radical (unpaired) electrons. The molecule has 0 aliphatic rings. The number of benzene rings is 2. The van der Waals surface area contributed by atoms with Gasteiger partial charge in [-0.2, -0.15) is 10.4 Å². The van der Waals surface area contributed by atoms with E-state index >= 15 is 0 Å². The van der Waals surface area contributed by atoms with Gasteiger partial charge in [0.25, 0.3) is 0 Å². The number of hydrogen-bond acceptors (Lipinski definition) is 3. The number of carbonyl (C=O) groups excluding carboxylic acids is 1. The first-order valence-corrected chi connectivity index (χ1v) is 10.3. The van der Waals surface area contributed by atoms with Crippen molar-refractivity contribution in [1.29, 1.82) is 5.26 Å². The molecular weight excluding hydrogens is 396 g/mol. The van der Waals surface area contributed by atoms with Crippen LogP contribution in [0.4, 0.5) is 0 Å².